The van der Waals surface area contributed by atoms with Gasteiger partial charge in [-0.2, -0.15) is 4.58 Å². The summed E-state index contributed by atoms with van der Waals surface area (Å²) in [5.74, 6) is 0.289. The number of para-hydroxylation sites is 2. The highest BCUT2D eigenvalue weighted by Gasteiger charge is 2.08. The topological polar surface area (TPSA) is 23.2 Å². The Kier molecular flexibility index (Phi) is 3.01. The zero-order valence-electron chi connectivity index (χ0n) is 9.17. The van der Waals surface area contributed by atoms with Crippen LogP contribution >= 0.6 is 0 Å². The second kappa shape index (κ2) is 4.62. The molecule has 80 valence electrons. The number of phenols is 1. The highest BCUT2D eigenvalue weighted by atomic mass is 16.3. The largest absolute Gasteiger partial charge is 0.502 e. The fourth-order valence-corrected chi connectivity index (χ4v) is 1.59. The summed E-state index contributed by atoms with van der Waals surface area (Å²) in [5, 5.41) is 9.70. The lowest BCUT2D eigenvalue weighted by atomic mass is 10.2. The zero-order valence-corrected chi connectivity index (χ0v) is 9.17. The predicted molar refractivity (Wildman–Crippen MR) is 65.6 cm³/mol. The molecule has 0 saturated carbocycles. The average Bonchev–Trinajstić information content (AvgIpc) is 2.31. The first kappa shape index (κ1) is 10.4. The first-order chi connectivity index (χ1) is 7.77. The summed E-state index contributed by atoms with van der Waals surface area (Å²) < 4.78 is 1.91. The molecule has 0 amide bonds. The van der Waals surface area contributed by atoms with Crippen LogP contribution in [0.2, 0.25) is 0 Å². The van der Waals surface area contributed by atoms with Crippen molar-refractivity contribution in [2.45, 2.75) is 0 Å². The third-order valence-electron chi connectivity index (χ3n) is 2.40. The molecular formula is C14H14NO+. The standard InChI is InChI=1S/C14H13NO/c1-15(11-12-7-3-2-4-8-12)13-9-5-6-10-14(13)16/h2-11H,1H3/p+1. The van der Waals surface area contributed by atoms with Crippen molar-refractivity contribution >= 4 is 11.9 Å². The lowest BCUT2D eigenvalue weighted by Gasteiger charge is -1.98. The number of benzene rings is 2. The molecule has 1 N–H and O–H groups in total. The van der Waals surface area contributed by atoms with Crippen LogP contribution in [0.4, 0.5) is 5.69 Å². The van der Waals surface area contributed by atoms with Crippen LogP contribution in [0, 0.1) is 0 Å². The summed E-state index contributed by atoms with van der Waals surface area (Å²) >= 11 is 0. The van der Waals surface area contributed by atoms with E-state index in [1.54, 1.807) is 6.07 Å². The Morgan fingerprint density at radius 1 is 0.938 bits per heavy atom. The van der Waals surface area contributed by atoms with Crippen LogP contribution in [0.5, 0.6) is 5.75 Å². The molecule has 2 aromatic carbocycles. The third kappa shape index (κ3) is 2.28. The van der Waals surface area contributed by atoms with Crippen molar-refractivity contribution in [2.75, 3.05) is 7.05 Å². The molecule has 2 aromatic rings. The highest BCUT2D eigenvalue weighted by Crippen LogP contribution is 2.23. The minimum atomic E-state index is 0.289. The summed E-state index contributed by atoms with van der Waals surface area (Å²) in [6.45, 7) is 0. The molecule has 0 saturated heterocycles. The van der Waals surface area contributed by atoms with Gasteiger partial charge in [0.15, 0.2) is 12.0 Å². The minimum Gasteiger partial charge on any atom is -0.502 e. The predicted octanol–water partition coefficient (Wildman–Crippen LogP) is 2.79. The Morgan fingerprint density at radius 3 is 2.25 bits per heavy atom. The lowest BCUT2D eigenvalue weighted by molar-refractivity contribution is -0.399. The van der Waals surface area contributed by atoms with Gasteiger partial charge in [0.25, 0.3) is 0 Å². The van der Waals surface area contributed by atoms with Gasteiger partial charge < -0.3 is 5.11 Å². The lowest BCUT2D eigenvalue weighted by Crippen LogP contribution is -2.00. The van der Waals surface area contributed by atoms with Gasteiger partial charge in [0, 0.05) is 11.6 Å². The van der Waals surface area contributed by atoms with Crippen LogP contribution in [0.1, 0.15) is 5.56 Å². The summed E-state index contributed by atoms with van der Waals surface area (Å²) in [6.07, 6.45) is 1.98. The van der Waals surface area contributed by atoms with Gasteiger partial charge in [-0.05, 0) is 18.2 Å². The molecule has 0 unspecified atom stereocenters. The van der Waals surface area contributed by atoms with E-state index in [1.165, 1.54) is 0 Å². The summed E-state index contributed by atoms with van der Waals surface area (Å²) in [7, 11) is 1.92. The Hall–Kier alpha value is -2.09. The number of phenolic OH excluding ortho intramolecular Hbond substituents is 1. The van der Waals surface area contributed by atoms with Crippen molar-refractivity contribution in [3.63, 3.8) is 0 Å². The molecule has 2 nitrogen and oxygen atoms in total. The number of aromatic hydroxyl groups is 1. The quantitative estimate of drug-likeness (QED) is 0.600. The van der Waals surface area contributed by atoms with Gasteiger partial charge in [-0.25, -0.2) is 0 Å². The number of rotatable bonds is 2. The van der Waals surface area contributed by atoms with Crippen molar-refractivity contribution < 1.29 is 9.68 Å². The third-order valence-corrected chi connectivity index (χ3v) is 2.40. The zero-order chi connectivity index (χ0) is 11.4. The maximum Gasteiger partial charge on any atom is 0.247 e. The van der Waals surface area contributed by atoms with Gasteiger partial charge >= 0.3 is 0 Å². The molecule has 0 aromatic heterocycles. The fraction of sp³-hybridized carbons (Fsp3) is 0.0714. The highest BCUT2D eigenvalue weighted by molar-refractivity contribution is 5.76. The van der Waals surface area contributed by atoms with Crippen LogP contribution < -0.4 is 0 Å². The second-order valence-electron chi connectivity index (χ2n) is 3.64. The molecule has 0 aliphatic heterocycles. The van der Waals surface area contributed by atoms with E-state index in [-0.39, 0.29) is 5.75 Å². The number of hydrogen-bond acceptors (Lipinski definition) is 1. The van der Waals surface area contributed by atoms with E-state index >= 15 is 0 Å². The van der Waals surface area contributed by atoms with Crippen molar-refractivity contribution in [3.8, 4) is 5.75 Å². The van der Waals surface area contributed by atoms with E-state index in [1.807, 2.05) is 66.4 Å². The summed E-state index contributed by atoms with van der Waals surface area (Å²) in [6, 6.07) is 17.3. The van der Waals surface area contributed by atoms with Crippen LogP contribution in [0.15, 0.2) is 54.6 Å². The van der Waals surface area contributed by atoms with Gasteiger partial charge in [0.1, 0.15) is 7.05 Å². The van der Waals surface area contributed by atoms with Crippen molar-refractivity contribution in [1.29, 1.82) is 0 Å². The molecule has 16 heavy (non-hydrogen) atoms. The molecule has 0 aliphatic carbocycles. The van der Waals surface area contributed by atoms with E-state index in [9.17, 15) is 5.11 Å². The molecule has 0 spiro atoms. The molecule has 2 rings (SSSR count). The van der Waals surface area contributed by atoms with Crippen molar-refractivity contribution in [3.05, 3.63) is 60.2 Å². The maximum absolute atomic E-state index is 9.70. The summed E-state index contributed by atoms with van der Waals surface area (Å²) in [5.41, 5.74) is 1.90. The fourth-order valence-electron chi connectivity index (χ4n) is 1.59. The average molecular weight is 212 g/mol. The van der Waals surface area contributed by atoms with Crippen molar-refractivity contribution in [2.24, 2.45) is 0 Å². The summed E-state index contributed by atoms with van der Waals surface area (Å²) in [4.78, 5) is 0. The molecule has 0 atom stereocenters. The van der Waals surface area contributed by atoms with Gasteiger partial charge in [0.05, 0.1) is 0 Å². The van der Waals surface area contributed by atoms with E-state index in [2.05, 4.69) is 0 Å². The molecule has 2 heteroatoms. The molecular weight excluding hydrogens is 198 g/mol. The molecule has 0 radical (unpaired) electrons. The Labute approximate surface area is 95.1 Å². The van der Waals surface area contributed by atoms with E-state index in [0.717, 1.165) is 11.3 Å². The van der Waals surface area contributed by atoms with Gasteiger partial charge in [-0.1, -0.05) is 30.3 Å². The van der Waals surface area contributed by atoms with Crippen LogP contribution in [-0.4, -0.2) is 22.9 Å². The first-order valence-corrected chi connectivity index (χ1v) is 5.18. The molecule has 0 fully saturated rings. The number of nitrogens with zero attached hydrogens (tertiary/aromatic N) is 1. The maximum atomic E-state index is 9.70. The SMILES string of the molecule is C[N+](=Cc1ccccc1)c1ccccc1O. The molecule has 0 aliphatic rings. The Bertz CT molecular complexity index is 503. The van der Waals surface area contributed by atoms with Crippen molar-refractivity contribution in [1.82, 2.24) is 0 Å². The second-order valence-corrected chi connectivity index (χ2v) is 3.64. The molecule has 0 heterocycles. The van der Waals surface area contributed by atoms with Gasteiger partial charge in [-0.3, -0.25) is 0 Å². The molecule has 0 bridgehead atoms. The Morgan fingerprint density at radius 2 is 1.56 bits per heavy atom. The normalized spacial score (nSPS) is 11.4. The van der Waals surface area contributed by atoms with E-state index < -0.39 is 0 Å². The monoisotopic (exact) mass is 212 g/mol. The van der Waals surface area contributed by atoms with E-state index in [4.69, 9.17) is 0 Å². The number of hydrogen-bond donors (Lipinski definition) is 1. The Balaban J connectivity index is 2.36. The van der Waals surface area contributed by atoms with Crippen LogP contribution in [0.3, 0.4) is 0 Å². The van der Waals surface area contributed by atoms with E-state index in [0.29, 0.717) is 0 Å². The van der Waals surface area contributed by atoms with Crippen LogP contribution in [-0.2, 0) is 0 Å². The van der Waals surface area contributed by atoms with Crippen LogP contribution in [0.25, 0.3) is 0 Å². The first-order valence-electron chi connectivity index (χ1n) is 5.18. The van der Waals surface area contributed by atoms with Gasteiger partial charge in [-0.15, -0.1) is 0 Å². The van der Waals surface area contributed by atoms with Gasteiger partial charge in [0.2, 0.25) is 5.69 Å². The smallest absolute Gasteiger partial charge is 0.247 e. The minimum absolute atomic E-state index is 0.289.